The molecule has 0 aliphatic rings. The average molecular weight is 374 g/mol. The van der Waals surface area contributed by atoms with Crippen LogP contribution in [-0.2, 0) is 9.63 Å². The van der Waals surface area contributed by atoms with Crippen molar-refractivity contribution in [3.05, 3.63) is 12.2 Å². The first-order valence-electron chi connectivity index (χ1n) is 10.7. The zero-order chi connectivity index (χ0) is 20.0. The normalized spacial score (nSPS) is 10.6. The molecule has 0 aromatic carbocycles. The highest BCUT2D eigenvalue weighted by Gasteiger charge is 2.12. The minimum Gasteiger partial charge on any atom is -0.273 e. The molecule has 0 aliphatic carbocycles. The number of amides is 1. The van der Waals surface area contributed by atoms with E-state index in [-0.39, 0.29) is 19.1 Å². The summed E-state index contributed by atoms with van der Waals surface area (Å²) in [6.07, 6.45) is 31.6. The third-order valence-electron chi connectivity index (χ3n) is 4.47. The molecule has 0 radical (unpaired) electrons. The van der Waals surface area contributed by atoms with Gasteiger partial charge in [-0.1, -0.05) is 82.3 Å². The van der Waals surface area contributed by atoms with Crippen molar-refractivity contribution in [1.29, 1.82) is 0 Å². The second-order valence-electron chi connectivity index (χ2n) is 6.95. The summed E-state index contributed by atoms with van der Waals surface area (Å²) in [5.41, 5.74) is 0. The van der Waals surface area contributed by atoms with Gasteiger partial charge in [0.2, 0.25) is 5.91 Å². The monoisotopic (exact) mass is 373 g/mol. The largest absolute Gasteiger partial charge is 0.273 e. The van der Waals surface area contributed by atoms with Crippen molar-refractivity contribution < 1.29 is 9.63 Å². The van der Waals surface area contributed by atoms with Crippen molar-refractivity contribution in [1.82, 2.24) is 5.06 Å². The molecule has 0 saturated heterocycles. The van der Waals surface area contributed by atoms with Crippen molar-refractivity contribution >= 4 is 5.91 Å². The van der Waals surface area contributed by atoms with Crippen molar-refractivity contribution in [2.24, 2.45) is 0 Å². The highest BCUT2D eigenvalue weighted by molar-refractivity contribution is 5.75. The molecular formula is C24H39NO2. The Balaban J connectivity index is 3.48. The molecule has 0 aromatic rings. The number of terminal acetylenes is 2. The van der Waals surface area contributed by atoms with Crippen LogP contribution in [0.3, 0.4) is 0 Å². The number of nitrogens with zero attached hydrogens (tertiary/aromatic N) is 1. The molecule has 152 valence electrons. The van der Waals surface area contributed by atoms with Gasteiger partial charge in [0.05, 0.1) is 0 Å². The Hall–Kier alpha value is -1.71. The molecule has 0 atom stereocenters. The molecule has 0 unspecified atom stereocenters. The number of hydrogen-bond donors (Lipinski definition) is 0. The van der Waals surface area contributed by atoms with Crippen LogP contribution in [0, 0.1) is 24.7 Å². The summed E-state index contributed by atoms with van der Waals surface area (Å²) in [4.78, 5) is 17.2. The molecule has 0 saturated carbocycles. The lowest BCUT2D eigenvalue weighted by molar-refractivity contribution is -0.177. The maximum Gasteiger partial charge on any atom is 0.247 e. The van der Waals surface area contributed by atoms with Crippen molar-refractivity contribution in [3.63, 3.8) is 0 Å². The molecule has 0 heterocycles. The fourth-order valence-electron chi connectivity index (χ4n) is 2.88. The van der Waals surface area contributed by atoms with E-state index in [2.05, 4.69) is 30.9 Å². The molecule has 0 spiro atoms. The van der Waals surface area contributed by atoms with Gasteiger partial charge in [0.1, 0.15) is 13.2 Å². The highest BCUT2D eigenvalue weighted by Crippen LogP contribution is 2.10. The van der Waals surface area contributed by atoms with E-state index in [9.17, 15) is 4.79 Å². The molecule has 0 N–H and O–H groups in total. The molecule has 0 aromatic heterocycles. The van der Waals surface area contributed by atoms with Gasteiger partial charge in [-0.2, -0.15) is 0 Å². The van der Waals surface area contributed by atoms with E-state index >= 15 is 0 Å². The molecule has 27 heavy (non-hydrogen) atoms. The molecule has 0 fully saturated rings. The van der Waals surface area contributed by atoms with Crippen LogP contribution in [0.15, 0.2) is 12.2 Å². The number of allylic oxidation sites excluding steroid dienone is 2. The minimum absolute atomic E-state index is 0.0692. The zero-order valence-electron chi connectivity index (χ0n) is 17.4. The van der Waals surface area contributed by atoms with Gasteiger partial charge in [-0.25, -0.2) is 5.06 Å². The summed E-state index contributed by atoms with van der Waals surface area (Å²) in [5.74, 6) is 4.68. The van der Waals surface area contributed by atoms with E-state index in [0.29, 0.717) is 6.42 Å². The first-order chi connectivity index (χ1) is 13.3. The zero-order valence-corrected chi connectivity index (χ0v) is 17.4. The van der Waals surface area contributed by atoms with Crippen LogP contribution in [0.1, 0.15) is 96.8 Å². The Morgan fingerprint density at radius 2 is 1.41 bits per heavy atom. The second kappa shape index (κ2) is 20.6. The summed E-state index contributed by atoms with van der Waals surface area (Å²) in [5, 5.41) is 1.20. The Morgan fingerprint density at radius 1 is 0.852 bits per heavy atom. The van der Waals surface area contributed by atoms with Crippen LogP contribution in [0.25, 0.3) is 0 Å². The van der Waals surface area contributed by atoms with E-state index < -0.39 is 0 Å². The molecule has 0 rings (SSSR count). The van der Waals surface area contributed by atoms with Crippen molar-refractivity contribution in [2.45, 2.75) is 96.8 Å². The molecule has 3 heteroatoms. The summed E-state index contributed by atoms with van der Waals surface area (Å²) >= 11 is 0. The van der Waals surface area contributed by atoms with E-state index in [4.69, 9.17) is 17.7 Å². The Labute approximate surface area is 167 Å². The third-order valence-corrected chi connectivity index (χ3v) is 4.47. The van der Waals surface area contributed by atoms with Crippen LogP contribution in [0.4, 0.5) is 0 Å². The molecule has 3 nitrogen and oxygen atoms in total. The number of hydroxylamine groups is 2. The van der Waals surface area contributed by atoms with E-state index in [0.717, 1.165) is 12.8 Å². The number of hydrogen-bond acceptors (Lipinski definition) is 2. The van der Waals surface area contributed by atoms with Crippen LogP contribution in [0.2, 0.25) is 0 Å². The minimum atomic E-state index is -0.0826. The van der Waals surface area contributed by atoms with Crippen LogP contribution in [-0.4, -0.2) is 24.1 Å². The van der Waals surface area contributed by atoms with Crippen LogP contribution >= 0.6 is 0 Å². The van der Waals surface area contributed by atoms with Gasteiger partial charge >= 0.3 is 0 Å². The Kier molecular flexibility index (Phi) is 19.3. The predicted octanol–water partition coefficient (Wildman–Crippen LogP) is 6.05. The first-order valence-corrected chi connectivity index (χ1v) is 10.7. The van der Waals surface area contributed by atoms with E-state index in [1.807, 2.05) is 0 Å². The van der Waals surface area contributed by atoms with Gasteiger partial charge in [0, 0.05) is 6.42 Å². The highest BCUT2D eigenvalue weighted by atomic mass is 16.7. The summed E-state index contributed by atoms with van der Waals surface area (Å²) in [6, 6.07) is 0. The Morgan fingerprint density at radius 3 is 1.96 bits per heavy atom. The maximum atomic E-state index is 12.0. The fraction of sp³-hybridized carbons (Fsp3) is 0.708. The summed E-state index contributed by atoms with van der Waals surface area (Å²) in [6.45, 7) is 2.47. The quantitative estimate of drug-likeness (QED) is 0.127. The van der Waals surface area contributed by atoms with Gasteiger partial charge in [-0.3, -0.25) is 9.63 Å². The van der Waals surface area contributed by atoms with Crippen molar-refractivity contribution in [3.8, 4) is 24.7 Å². The number of rotatable bonds is 18. The van der Waals surface area contributed by atoms with Crippen LogP contribution in [0.5, 0.6) is 0 Å². The lowest BCUT2D eigenvalue weighted by Gasteiger charge is -2.18. The number of carbonyl (C=O) groups excluding carboxylic acids is 1. The topological polar surface area (TPSA) is 29.5 Å². The van der Waals surface area contributed by atoms with E-state index in [1.54, 1.807) is 0 Å². The van der Waals surface area contributed by atoms with Gasteiger partial charge in [-0.15, -0.1) is 12.8 Å². The van der Waals surface area contributed by atoms with Crippen LogP contribution < -0.4 is 0 Å². The lowest BCUT2D eigenvalue weighted by atomic mass is 10.1. The van der Waals surface area contributed by atoms with Crippen molar-refractivity contribution in [2.75, 3.05) is 13.2 Å². The number of unbranched alkanes of at least 4 members (excludes halogenated alkanes) is 11. The summed E-state index contributed by atoms with van der Waals surface area (Å²) < 4.78 is 0. The van der Waals surface area contributed by atoms with Gasteiger partial charge < -0.3 is 0 Å². The fourth-order valence-corrected chi connectivity index (χ4v) is 2.88. The lowest BCUT2D eigenvalue weighted by Crippen LogP contribution is -2.31. The molecule has 1 amide bonds. The predicted molar refractivity (Wildman–Crippen MR) is 115 cm³/mol. The maximum absolute atomic E-state index is 12.0. The second-order valence-corrected chi connectivity index (χ2v) is 6.95. The Bertz CT molecular complexity index is 456. The van der Waals surface area contributed by atoms with Gasteiger partial charge in [-0.05, 0) is 32.1 Å². The molecule has 0 bridgehead atoms. The standard InChI is InChI=1S/C24H39NO2/c1-4-7-8-9-10-11-12-13-14-15-16-17-18-19-20-21-24(26)25(22-5-2)27-23-6-3/h2-3,13-14H,4,7-12,15-23H2,1H3/b14-13-. The SMILES string of the molecule is C#CCON(CC#C)C(=O)CCCCCCC/C=C\CCCCCCCC. The van der Waals surface area contributed by atoms with Gasteiger partial charge in [0.15, 0.2) is 0 Å². The summed E-state index contributed by atoms with van der Waals surface area (Å²) in [7, 11) is 0. The molecular weight excluding hydrogens is 334 g/mol. The third kappa shape index (κ3) is 17.5. The number of carbonyl (C=O) groups is 1. The average Bonchev–Trinajstić information content (AvgIpc) is 2.68. The smallest absolute Gasteiger partial charge is 0.247 e. The molecule has 0 aliphatic heterocycles. The van der Waals surface area contributed by atoms with E-state index in [1.165, 1.54) is 75.7 Å². The first kappa shape index (κ1) is 25.3. The van der Waals surface area contributed by atoms with Gasteiger partial charge in [0.25, 0.3) is 0 Å².